The highest BCUT2D eigenvalue weighted by Gasteiger charge is 2.45. The van der Waals surface area contributed by atoms with E-state index >= 15 is 0 Å². The highest BCUT2D eigenvalue weighted by atomic mass is 28.5. The van der Waals surface area contributed by atoms with Crippen LogP contribution in [-0.2, 0) is 48.4 Å². The average Bonchev–Trinajstić information content (AvgIpc) is 3.10. The molecule has 0 saturated carbocycles. The van der Waals surface area contributed by atoms with Crippen LogP contribution in [0.15, 0.2) is 49.1 Å². The lowest BCUT2D eigenvalue weighted by Crippen LogP contribution is -2.57. The molecule has 0 aliphatic carbocycles. The Labute approximate surface area is 381 Å². The lowest BCUT2D eigenvalue weighted by atomic mass is 10.5. The molecule has 1 unspecified atom stereocenters. The summed E-state index contributed by atoms with van der Waals surface area (Å²) in [5, 5.41) is 0. The number of hydrogen-bond donors (Lipinski definition) is 0. The highest BCUT2D eigenvalue weighted by molar-refractivity contribution is 6.92. The molecular formula is C40H98O11Si9. The third-order valence-corrected chi connectivity index (χ3v) is 37.3. The summed E-state index contributed by atoms with van der Waals surface area (Å²) in [6.07, 6.45) is 2.00. The van der Waals surface area contributed by atoms with Crippen molar-refractivity contribution >= 4 is 75.6 Å². The number of ether oxygens (including phenoxy) is 4. The van der Waals surface area contributed by atoms with Gasteiger partial charge in [0, 0.05) is 41.7 Å². The van der Waals surface area contributed by atoms with E-state index in [9.17, 15) is 0 Å². The zero-order valence-corrected chi connectivity index (χ0v) is 52.2. The van der Waals surface area contributed by atoms with Gasteiger partial charge in [-0.15, -0.1) is 26.3 Å². The van der Waals surface area contributed by atoms with Crippen molar-refractivity contribution in [1.29, 1.82) is 0 Å². The standard InChI is InChI=1S/C17H40O5Si4.C10H24O2Si3.C9H22O3Si.C4H12OSi/c1-11-23(4,5)20-25(8,9)22-26(10,21-24(6,7)12-2)17-13-14-19-16-15-18-3;1-9-13(3,4)11-15(7,8)12-14(5,6)10-2;1-10-7-8-12-6-5-9-13(3,4)11-2;1-5-6(2,3)4/h11-12H,1-2,13-17H2,3-10H3;9-10H,1-2H2,3-8H3;5-9H2,1-4H3;1-4H3. The summed E-state index contributed by atoms with van der Waals surface area (Å²) >= 11 is 0. The van der Waals surface area contributed by atoms with Gasteiger partial charge in [0.05, 0.1) is 26.4 Å². The molecule has 360 valence electrons. The van der Waals surface area contributed by atoms with E-state index in [-0.39, 0.29) is 0 Å². The Hall–Kier alpha value is 0.472. The normalized spacial score (nSPS) is 14.0. The summed E-state index contributed by atoms with van der Waals surface area (Å²) in [6, 6.07) is 2.04. The van der Waals surface area contributed by atoms with E-state index in [0.717, 1.165) is 31.5 Å². The summed E-state index contributed by atoms with van der Waals surface area (Å²) < 4.78 is 63.3. The minimum Gasteiger partial charge on any atom is -0.433 e. The summed E-state index contributed by atoms with van der Waals surface area (Å²) in [7, 11) is -9.69. The predicted molar refractivity (Wildman–Crippen MR) is 282 cm³/mol. The summed E-state index contributed by atoms with van der Waals surface area (Å²) in [6.45, 7) is 58.3. The first kappa shape index (κ1) is 67.1. The molecule has 0 fully saturated rings. The monoisotopic (exact) mass is 1010 g/mol. The largest absolute Gasteiger partial charge is 0.433 e. The van der Waals surface area contributed by atoms with Gasteiger partial charge in [0.1, 0.15) is 0 Å². The van der Waals surface area contributed by atoms with E-state index in [1.807, 2.05) is 22.8 Å². The first-order valence-corrected chi connectivity index (χ1v) is 47.9. The highest BCUT2D eigenvalue weighted by Crippen LogP contribution is 2.28. The van der Waals surface area contributed by atoms with Crippen LogP contribution in [0.4, 0.5) is 0 Å². The van der Waals surface area contributed by atoms with Gasteiger partial charge in [0.2, 0.25) is 0 Å². The quantitative estimate of drug-likeness (QED) is 0.0508. The molecule has 0 N–H and O–H groups in total. The second-order valence-corrected chi connectivity index (χ2v) is 55.3. The van der Waals surface area contributed by atoms with Crippen LogP contribution in [0.3, 0.4) is 0 Å². The molecular weight excluding hydrogens is 909 g/mol. The van der Waals surface area contributed by atoms with Crippen LogP contribution in [-0.4, -0.2) is 144 Å². The smallest absolute Gasteiger partial charge is 0.316 e. The fraction of sp³-hybridized carbons (Fsp3) is 0.800. The Morgan fingerprint density at radius 3 is 0.950 bits per heavy atom. The third kappa shape index (κ3) is 43.7. The van der Waals surface area contributed by atoms with Crippen molar-refractivity contribution in [2.24, 2.45) is 0 Å². The zero-order chi connectivity index (χ0) is 48.2. The minimum atomic E-state index is -2.42. The van der Waals surface area contributed by atoms with Crippen molar-refractivity contribution in [3.05, 3.63) is 49.1 Å². The lowest BCUT2D eigenvalue weighted by Gasteiger charge is -2.41. The number of rotatable bonds is 30. The van der Waals surface area contributed by atoms with E-state index in [2.05, 4.69) is 144 Å². The van der Waals surface area contributed by atoms with Crippen LogP contribution in [0.1, 0.15) is 12.8 Å². The molecule has 0 aromatic carbocycles. The van der Waals surface area contributed by atoms with Gasteiger partial charge in [0.25, 0.3) is 0 Å². The van der Waals surface area contributed by atoms with E-state index in [4.69, 9.17) is 48.4 Å². The molecule has 0 aliphatic rings. The van der Waals surface area contributed by atoms with Gasteiger partial charge in [-0.3, -0.25) is 0 Å². The van der Waals surface area contributed by atoms with Crippen molar-refractivity contribution < 1.29 is 48.4 Å². The second-order valence-electron chi connectivity index (χ2n) is 19.4. The Balaban J connectivity index is -0.000000390. The van der Waals surface area contributed by atoms with Crippen LogP contribution in [0.2, 0.25) is 130 Å². The van der Waals surface area contributed by atoms with Crippen LogP contribution in [0.25, 0.3) is 0 Å². The first-order valence-electron chi connectivity index (χ1n) is 21.3. The van der Waals surface area contributed by atoms with Gasteiger partial charge in [-0.2, -0.15) is 0 Å². The molecule has 0 aromatic rings. The van der Waals surface area contributed by atoms with Gasteiger partial charge in [0.15, 0.2) is 49.9 Å². The van der Waals surface area contributed by atoms with Crippen LogP contribution in [0, 0.1) is 0 Å². The molecule has 20 heteroatoms. The fourth-order valence-electron chi connectivity index (χ4n) is 4.99. The first-order chi connectivity index (χ1) is 27.0. The Morgan fingerprint density at radius 1 is 0.367 bits per heavy atom. The third-order valence-electron chi connectivity index (χ3n) is 8.45. The second kappa shape index (κ2) is 32.2. The molecule has 0 aromatic heterocycles. The zero-order valence-electron chi connectivity index (χ0n) is 43.2. The van der Waals surface area contributed by atoms with E-state index in [0.29, 0.717) is 33.0 Å². The van der Waals surface area contributed by atoms with Crippen LogP contribution < -0.4 is 0 Å². The SMILES string of the molecule is C=C[Si](C)(C)O[Si](C)(C)O[Si](C)(C)C=C.C=C[Si](C)(C)O[Si](C)(C)O[Si](C)(CCCOCCOC)O[Si](C)(C)C=C.COCCOCCC[Si](C)(C)OC.CO[Si](C)(C)C. The van der Waals surface area contributed by atoms with Gasteiger partial charge in [-0.25, -0.2) is 0 Å². The molecule has 60 heavy (non-hydrogen) atoms. The van der Waals surface area contributed by atoms with Gasteiger partial charge in [-0.1, -0.05) is 22.8 Å². The number of methoxy groups -OCH3 is 2. The molecule has 0 heterocycles. The molecule has 0 amide bonds. The Bertz CT molecular complexity index is 1130. The molecule has 0 rings (SSSR count). The fourth-order valence-corrected chi connectivity index (χ4v) is 34.6. The molecule has 0 aliphatic heterocycles. The van der Waals surface area contributed by atoms with Gasteiger partial charge in [-0.05, 0) is 143 Å². The average molecular weight is 1010 g/mol. The van der Waals surface area contributed by atoms with E-state index < -0.39 is 75.6 Å². The van der Waals surface area contributed by atoms with Crippen molar-refractivity contribution in [3.63, 3.8) is 0 Å². The predicted octanol–water partition coefficient (Wildman–Crippen LogP) is 11.7. The maximum Gasteiger partial charge on any atom is 0.316 e. The summed E-state index contributed by atoms with van der Waals surface area (Å²) in [4.78, 5) is 0. The van der Waals surface area contributed by atoms with Gasteiger partial charge < -0.3 is 48.4 Å². The maximum absolute atomic E-state index is 6.66. The topological polar surface area (TPSA) is 102 Å². The summed E-state index contributed by atoms with van der Waals surface area (Å²) in [5.41, 5.74) is 7.83. The van der Waals surface area contributed by atoms with Gasteiger partial charge >= 0.3 is 25.7 Å². The molecule has 0 spiro atoms. The lowest BCUT2D eigenvalue weighted by molar-refractivity contribution is 0.0703. The van der Waals surface area contributed by atoms with Crippen LogP contribution in [0.5, 0.6) is 0 Å². The maximum atomic E-state index is 6.66. The molecule has 11 nitrogen and oxygen atoms in total. The van der Waals surface area contributed by atoms with Crippen LogP contribution >= 0.6 is 0 Å². The van der Waals surface area contributed by atoms with Crippen molar-refractivity contribution in [1.82, 2.24) is 0 Å². The molecule has 0 radical (unpaired) electrons. The summed E-state index contributed by atoms with van der Waals surface area (Å²) in [5.74, 6) is 0. The molecule has 0 saturated heterocycles. The van der Waals surface area contributed by atoms with Crippen molar-refractivity contribution in [2.75, 3.05) is 68.1 Å². The van der Waals surface area contributed by atoms with E-state index in [1.54, 1.807) is 28.4 Å². The Kier molecular flexibility index (Phi) is 36.0. The minimum absolute atomic E-state index is 0.617. The molecule has 0 bridgehead atoms. The van der Waals surface area contributed by atoms with Crippen molar-refractivity contribution in [2.45, 2.75) is 143 Å². The van der Waals surface area contributed by atoms with E-state index in [1.165, 1.54) is 0 Å². The molecule has 1 atom stereocenters. The number of hydrogen-bond acceptors (Lipinski definition) is 11. The van der Waals surface area contributed by atoms with Crippen molar-refractivity contribution in [3.8, 4) is 0 Å². The Morgan fingerprint density at radius 2 is 0.667 bits per heavy atom.